The van der Waals surface area contributed by atoms with Crippen molar-refractivity contribution in [3.8, 4) is 23.0 Å². The van der Waals surface area contributed by atoms with Gasteiger partial charge in [0.25, 0.3) is 5.91 Å². The van der Waals surface area contributed by atoms with E-state index < -0.39 is 0 Å². The second kappa shape index (κ2) is 7.82. The maximum Gasteiger partial charge on any atom is 0.275 e. The number of hydrogen-bond donors (Lipinski definition) is 1. The van der Waals surface area contributed by atoms with E-state index in [9.17, 15) is 4.79 Å². The second-order valence-electron chi connectivity index (χ2n) is 5.62. The molecule has 3 rings (SSSR count). The number of benzene rings is 2. The zero-order valence-electron chi connectivity index (χ0n) is 15.5. The average Bonchev–Trinajstić information content (AvgIpc) is 3.08. The molecule has 2 aromatic rings. The first-order chi connectivity index (χ1) is 13.1. The predicted molar refractivity (Wildman–Crippen MR) is 102 cm³/mol. The van der Waals surface area contributed by atoms with Gasteiger partial charge in [0.1, 0.15) is 23.0 Å². The largest absolute Gasteiger partial charge is 0.497 e. The molecule has 0 saturated carbocycles. The van der Waals surface area contributed by atoms with Crippen molar-refractivity contribution in [1.82, 2.24) is 5.32 Å². The van der Waals surface area contributed by atoms with Crippen LogP contribution in [0.3, 0.4) is 0 Å². The molecule has 27 heavy (non-hydrogen) atoms. The van der Waals surface area contributed by atoms with Gasteiger partial charge in [-0.15, -0.1) is 0 Å². The minimum absolute atomic E-state index is 0.270. The van der Waals surface area contributed by atoms with Gasteiger partial charge < -0.3 is 24.3 Å². The zero-order chi connectivity index (χ0) is 19.4. The van der Waals surface area contributed by atoms with Crippen LogP contribution in [0.4, 0.5) is 0 Å². The number of ether oxygens (including phenoxy) is 4. The highest BCUT2D eigenvalue weighted by molar-refractivity contribution is 6.19. The maximum atomic E-state index is 12.3. The summed E-state index contributed by atoms with van der Waals surface area (Å²) in [5, 5.41) is 2.77. The van der Waals surface area contributed by atoms with Crippen molar-refractivity contribution in [3.05, 3.63) is 53.2 Å². The van der Waals surface area contributed by atoms with Crippen LogP contribution < -0.4 is 24.3 Å². The Morgan fingerprint density at radius 1 is 0.852 bits per heavy atom. The van der Waals surface area contributed by atoms with Crippen molar-refractivity contribution in [2.75, 3.05) is 28.4 Å². The zero-order valence-corrected chi connectivity index (χ0v) is 15.5. The van der Waals surface area contributed by atoms with E-state index in [0.717, 1.165) is 11.3 Å². The summed E-state index contributed by atoms with van der Waals surface area (Å²) in [5.41, 5.74) is 1.71. The molecule has 0 atom stereocenters. The predicted octanol–water partition coefficient (Wildman–Crippen LogP) is 2.64. The van der Waals surface area contributed by atoms with Crippen molar-refractivity contribution in [2.24, 2.45) is 4.99 Å². The molecule has 7 nitrogen and oxygen atoms in total. The summed E-state index contributed by atoms with van der Waals surface area (Å²) < 4.78 is 21.1. The molecule has 1 aliphatic heterocycles. The molecule has 0 aromatic heterocycles. The first kappa shape index (κ1) is 18.3. The van der Waals surface area contributed by atoms with E-state index in [1.54, 1.807) is 46.6 Å². The highest BCUT2D eigenvalue weighted by Gasteiger charge is 2.22. The van der Waals surface area contributed by atoms with Crippen LogP contribution in [0.2, 0.25) is 0 Å². The monoisotopic (exact) mass is 368 g/mol. The van der Waals surface area contributed by atoms with Gasteiger partial charge in [-0.3, -0.25) is 4.79 Å². The summed E-state index contributed by atoms with van der Waals surface area (Å²) in [6, 6.07) is 10.7. The van der Waals surface area contributed by atoms with Crippen LogP contribution >= 0.6 is 0 Å². The third-order valence-electron chi connectivity index (χ3n) is 4.09. The number of hydrogen-bond acceptors (Lipinski definition) is 6. The van der Waals surface area contributed by atoms with Crippen molar-refractivity contribution in [2.45, 2.75) is 0 Å². The number of rotatable bonds is 6. The fourth-order valence-electron chi connectivity index (χ4n) is 2.67. The summed E-state index contributed by atoms with van der Waals surface area (Å²) in [6.45, 7) is 0. The number of nitrogens with one attached hydrogen (secondary N) is 1. The van der Waals surface area contributed by atoms with Gasteiger partial charge in [-0.05, 0) is 36.4 Å². The topological polar surface area (TPSA) is 78.4 Å². The van der Waals surface area contributed by atoms with Gasteiger partial charge in [-0.2, -0.15) is 0 Å². The lowest BCUT2D eigenvalue weighted by molar-refractivity contribution is -0.115. The van der Waals surface area contributed by atoms with Crippen LogP contribution in [0, 0.1) is 0 Å². The SMILES string of the molecule is COc1ccc(C2=N/C(=C\c3cc(OC)c(OC)cc3OC)C(=O)N2)cc1. The fourth-order valence-corrected chi connectivity index (χ4v) is 2.67. The van der Waals surface area contributed by atoms with Crippen molar-refractivity contribution < 1.29 is 23.7 Å². The summed E-state index contributed by atoms with van der Waals surface area (Å²) >= 11 is 0. The molecule has 1 aliphatic rings. The average molecular weight is 368 g/mol. The van der Waals surface area contributed by atoms with E-state index in [1.165, 1.54) is 0 Å². The minimum Gasteiger partial charge on any atom is -0.497 e. The molecule has 0 saturated heterocycles. The Kier molecular flexibility index (Phi) is 5.30. The first-order valence-corrected chi connectivity index (χ1v) is 8.15. The van der Waals surface area contributed by atoms with Gasteiger partial charge in [-0.1, -0.05) is 0 Å². The van der Waals surface area contributed by atoms with Crippen LogP contribution in [0.25, 0.3) is 6.08 Å². The summed E-state index contributed by atoms with van der Waals surface area (Å²) in [6.07, 6.45) is 1.65. The number of amidine groups is 1. The molecule has 1 amide bonds. The molecule has 0 fully saturated rings. The molecule has 0 unspecified atom stereocenters. The molecule has 0 bridgehead atoms. The molecule has 2 aromatic carbocycles. The van der Waals surface area contributed by atoms with Crippen LogP contribution in [-0.4, -0.2) is 40.2 Å². The van der Waals surface area contributed by atoms with Crippen LogP contribution in [0.5, 0.6) is 23.0 Å². The lowest BCUT2D eigenvalue weighted by Gasteiger charge is -2.12. The molecule has 1 heterocycles. The Balaban J connectivity index is 1.98. The van der Waals surface area contributed by atoms with Crippen LogP contribution in [-0.2, 0) is 4.79 Å². The Bertz CT molecular complexity index is 917. The maximum absolute atomic E-state index is 12.3. The van der Waals surface area contributed by atoms with Crippen molar-refractivity contribution in [1.29, 1.82) is 0 Å². The van der Waals surface area contributed by atoms with Gasteiger partial charge in [0.15, 0.2) is 11.5 Å². The molecule has 0 radical (unpaired) electrons. The number of carbonyl (C=O) groups is 1. The minimum atomic E-state index is -0.294. The van der Waals surface area contributed by atoms with E-state index in [-0.39, 0.29) is 11.6 Å². The highest BCUT2D eigenvalue weighted by atomic mass is 16.5. The Labute approximate surface area is 157 Å². The van der Waals surface area contributed by atoms with E-state index in [4.69, 9.17) is 18.9 Å². The molecule has 7 heteroatoms. The van der Waals surface area contributed by atoms with Gasteiger partial charge in [0, 0.05) is 17.2 Å². The number of methoxy groups -OCH3 is 4. The smallest absolute Gasteiger partial charge is 0.275 e. The molecular weight excluding hydrogens is 348 g/mol. The quantitative estimate of drug-likeness (QED) is 0.793. The van der Waals surface area contributed by atoms with Gasteiger partial charge in [-0.25, -0.2) is 4.99 Å². The van der Waals surface area contributed by atoms with E-state index in [0.29, 0.717) is 28.6 Å². The summed E-state index contributed by atoms with van der Waals surface area (Å²) in [4.78, 5) is 16.8. The molecule has 0 aliphatic carbocycles. The normalized spacial score (nSPS) is 14.6. The summed E-state index contributed by atoms with van der Waals surface area (Å²) in [5.74, 6) is 2.53. The van der Waals surface area contributed by atoms with Crippen LogP contribution in [0.1, 0.15) is 11.1 Å². The number of carbonyl (C=O) groups excluding carboxylic acids is 1. The lowest BCUT2D eigenvalue weighted by atomic mass is 10.1. The first-order valence-electron chi connectivity index (χ1n) is 8.15. The van der Waals surface area contributed by atoms with Crippen LogP contribution in [0.15, 0.2) is 47.1 Å². The standard InChI is InChI=1S/C20H20N2O5/c1-24-14-7-5-12(6-8-14)19-21-15(20(23)22-19)9-13-10-17(26-3)18(27-4)11-16(13)25-2/h5-11H,1-4H3,(H,21,22,23)/b15-9-. The number of nitrogens with zero attached hydrogens (tertiary/aromatic N) is 1. The fraction of sp³-hybridized carbons (Fsp3) is 0.200. The second-order valence-corrected chi connectivity index (χ2v) is 5.62. The Hall–Kier alpha value is -3.48. The van der Waals surface area contributed by atoms with Gasteiger partial charge >= 0.3 is 0 Å². The Morgan fingerprint density at radius 3 is 2.07 bits per heavy atom. The third-order valence-corrected chi connectivity index (χ3v) is 4.09. The number of aliphatic imine (C=N–C) groups is 1. The van der Waals surface area contributed by atoms with E-state index in [2.05, 4.69) is 10.3 Å². The lowest BCUT2D eigenvalue weighted by Crippen LogP contribution is -2.24. The summed E-state index contributed by atoms with van der Waals surface area (Å²) in [7, 11) is 6.24. The number of amides is 1. The van der Waals surface area contributed by atoms with E-state index in [1.807, 2.05) is 24.3 Å². The highest BCUT2D eigenvalue weighted by Crippen LogP contribution is 2.36. The molecule has 0 spiro atoms. The Morgan fingerprint density at radius 2 is 1.48 bits per heavy atom. The van der Waals surface area contributed by atoms with Crippen molar-refractivity contribution in [3.63, 3.8) is 0 Å². The third kappa shape index (κ3) is 3.72. The van der Waals surface area contributed by atoms with Gasteiger partial charge in [0.2, 0.25) is 0 Å². The van der Waals surface area contributed by atoms with Gasteiger partial charge in [0.05, 0.1) is 28.4 Å². The molecule has 140 valence electrons. The molecular formula is C20H20N2O5. The molecule has 1 N–H and O–H groups in total. The van der Waals surface area contributed by atoms with Crippen molar-refractivity contribution >= 4 is 17.8 Å². The van der Waals surface area contributed by atoms with E-state index >= 15 is 0 Å².